The summed E-state index contributed by atoms with van der Waals surface area (Å²) >= 11 is 5.86. The van der Waals surface area contributed by atoms with Gasteiger partial charge in [0.2, 0.25) is 0 Å². The second-order valence-corrected chi connectivity index (χ2v) is 5.55. The van der Waals surface area contributed by atoms with Crippen molar-refractivity contribution in [3.63, 3.8) is 0 Å². The van der Waals surface area contributed by atoms with Crippen molar-refractivity contribution in [2.24, 2.45) is 0 Å². The zero-order valence-corrected chi connectivity index (χ0v) is 14.5. The van der Waals surface area contributed by atoms with Crippen LogP contribution >= 0.6 is 11.6 Å². The van der Waals surface area contributed by atoms with E-state index in [9.17, 15) is 19.7 Å². The Kier molecular flexibility index (Phi) is 6.63. The normalized spacial score (nSPS) is 10.2. The number of hydrogen-bond acceptors (Lipinski definition) is 6. The first-order valence-corrected chi connectivity index (χ1v) is 7.85. The van der Waals surface area contributed by atoms with Crippen molar-refractivity contribution >= 4 is 40.9 Å². The van der Waals surface area contributed by atoms with Crippen LogP contribution in [-0.4, -0.2) is 23.4 Å². The van der Waals surface area contributed by atoms with Crippen LogP contribution in [0.1, 0.15) is 11.1 Å². The van der Waals surface area contributed by atoms with Gasteiger partial charge in [-0.05, 0) is 29.8 Å². The third kappa shape index (κ3) is 5.95. The van der Waals surface area contributed by atoms with E-state index in [1.807, 2.05) is 6.07 Å². The molecule has 1 N–H and O–H groups in total. The van der Waals surface area contributed by atoms with Gasteiger partial charge in [-0.1, -0.05) is 23.7 Å². The van der Waals surface area contributed by atoms with Crippen molar-refractivity contribution in [2.45, 2.75) is 0 Å². The quantitative estimate of drug-likeness (QED) is 0.352. The summed E-state index contributed by atoms with van der Waals surface area (Å²) in [5, 5.41) is 22.2. The average Bonchev–Trinajstić information content (AvgIpc) is 2.65. The second-order valence-electron chi connectivity index (χ2n) is 5.15. The van der Waals surface area contributed by atoms with Crippen molar-refractivity contribution in [1.29, 1.82) is 5.26 Å². The number of halogens is 1. The van der Waals surface area contributed by atoms with E-state index in [-0.39, 0.29) is 16.3 Å². The summed E-state index contributed by atoms with van der Waals surface area (Å²) < 4.78 is 4.79. The second kappa shape index (κ2) is 9.12. The fourth-order valence-electron chi connectivity index (χ4n) is 1.97. The summed E-state index contributed by atoms with van der Waals surface area (Å²) in [7, 11) is 0. The summed E-state index contributed by atoms with van der Waals surface area (Å²) in [5.41, 5.74) is 0.961. The highest BCUT2D eigenvalue weighted by Gasteiger charge is 2.08. The molecule has 0 atom stereocenters. The van der Waals surface area contributed by atoms with Gasteiger partial charge in [-0.15, -0.1) is 0 Å². The lowest BCUT2D eigenvalue weighted by molar-refractivity contribution is -0.384. The number of non-ortho nitro benzene ring substituents is 1. The van der Waals surface area contributed by atoms with Gasteiger partial charge in [0, 0.05) is 23.9 Å². The molecule has 0 saturated carbocycles. The molecule has 9 heteroatoms. The van der Waals surface area contributed by atoms with E-state index in [0.717, 1.165) is 6.08 Å². The topological polar surface area (TPSA) is 122 Å². The molecule has 0 radical (unpaired) electrons. The number of benzene rings is 2. The third-order valence-corrected chi connectivity index (χ3v) is 3.52. The first-order valence-electron chi connectivity index (χ1n) is 7.48. The number of nitriles is 1. The summed E-state index contributed by atoms with van der Waals surface area (Å²) in [5.74, 6) is -1.37. The first-order chi connectivity index (χ1) is 12.9. The molecule has 0 aliphatic heterocycles. The van der Waals surface area contributed by atoms with E-state index in [2.05, 4.69) is 5.32 Å². The maximum Gasteiger partial charge on any atom is 0.331 e. The Balaban J connectivity index is 1.87. The predicted octanol–water partition coefficient (Wildman–Crippen LogP) is 3.31. The predicted molar refractivity (Wildman–Crippen MR) is 97.9 cm³/mol. The van der Waals surface area contributed by atoms with Gasteiger partial charge < -0.3 is 10.1 Å². The van der Waals surface area contributed by atoms with Crippen molar-refractivity contribution in [3.8, 4) is 6.07 Å². The number of ether oxygens (including phenoxy) is 1. The molecule has 0 aliphatic carbocycles. The molecule has 0 unspecified atom stereocenters. The molecule has 0 spiro atoms. The van der Waals surface area contributed by atoms with E-state index in [0.29, 0.717) is 11.3 Å². The molecule has 0 fully saturated rings. The fourth-order valence-corrected chi connectivity index (χ4v) is 2.19. The van der Waals surface area contributed by atoms with E-state index in [1.165, 1.54) is 42.5 Å². The monoisotopic (exact) mass is 385 g/mol. The van der Waals surface area contributed by atoms with Gasteiger partial charge in [-0.25, -0.2) is 4.79 Å². The Morgan fingerprint density at radius 2 is 2.07 bits per heavy atom. The number of hydrogen-bond donors (Lipinski definition) is 1. The Hall–Kier alpha value is -3.70. The van der Waals surface area contributed by atoms with Crippen LogP contribution < -0.4 is 5.32 Å². The molecule has 0 aromatic heterocycles. The number of nitrogens with zero attached hydrogens (tertiary/aromatic N) is 2. The molecule has 0 heterocycles. The fraction of sp³-hybridized carbons (Fsp3) is 0.0556. The number of rotatable bonds is 6. The summed E-state index contributed by atoms with van der Waals surface area (Å²) in [4.78, 5) is 33.6. The minimum atomic E-state index is -0.783. The van der Waals surface area contributed by atoms with Crippen LogP contribution in [0.2, 0.25) is 5.02 Å². The van der Waals surface area contributed by atoms with Crippen LogP contribution in [0, 0.1) is 21.4 Å². The lowest BCUT2D eigenvalue weighted by Crippen LogP contribution is -2.20. The van der Waals surface area contributed by atoms with Crippen LogP contribution in [0.4, 0.5) is 11.4 Å². The molecular weight excluding hydrogens is 374 g/mol. The number of nitrogens with one attached hydrogen (secondary N) is 1. The number of carbonyl (C=O) groups excluding carboxylic acids is 2. The Morgan fingerprint density at radius 3 is 2.74 bits per heavy atom. The molecule has 8 nitrogen and oxygen atoms in total. The SMILES string of the molecule is N#Cc1ccc(NC(=O)COC(=O)/C=C/c2cccc([N+](=O)[O-])c2)cc1Cl. The minimum Gasteiger partial charge on any atom is -0.452 e. The highest BCUT2D eigenvalue weighted by Crippen LogP contribution is 2.20. The molecule has 0 bridgehead atoms. The number of amides is 1. The molecular formula is C18H12ClN3O5. The molecule has 2 rings (SSSR count). The average molecular weight is 386 g/mol. The molecule has 136 valence electrons. The molecule has 0 aliphatic rings. The Bertz CT molecular complexity index is 966. The molecule has 27 heavy (non-hydrogen) atoms. The zero-order valence-electron chi connectivity index (χ0n) is 13.7. The van der Waals surface area contributed by atoms with Gasteiger partial charge in [0.1, 0.15) is 6.07 Å². The number of nitro groups is 1. The van der Waals surface area contributed by atoms with Gasteiger partial charge in [0.25, 0.3) is 11.6 Å². The van der Waals surface area contributed by atoms with E-state index < -0.39 is 23.4 Å². The van der Waals surface area contributed by atoms with E-state index >= 15 is 0 Å². The summed E-state index contributed by atoms with van der Waals surface area (Å²) in [6.45, 7) is -0.532. The first kappa shape index (κ1) is 19.6. The summed E-state index contributed by atoms with van der Waals surface area (Å²) in [6, 6.07) is 11.9. The van der Waals surface area contributed by atoms with Crippen LogP contribution in [0.3, 0.4) is 0 Å². The molecule has 1 amide bonds. The maximum atomic E-state index is 11.8. The summed E-state index contributed by atoms with van der Waals surface area (Å²) in [6.07, 6.45) is 2.40. The van der Waals surface area contributed by atoms with Gasteiger partial charge in [0.15, 0.2) is 6.61 Å². The van der Waals surface area contributed by atoms with E-state index in [4.69, 9.17) is 21.6 Å². The van der Waals surface area contributed by atoms with Crippen molar-refractivity contribution in [3.05, 3.63) is 74.8 Å². The molecule has 2 aromatic rings. The lowest BCUT2D eigenvalue weighted by Gasteiger charge is -2.06. The standard InChI is InChI=1S/C18H12ClN3O5/c19-16-9-14(6-5-13(16)10-20)21-17(23)11-27-18(24)7-4-12-2-1-3-15(8-12)22(25)26/h1-9H,11H2,(H,21,23)/b7-4+. The molecule has 0 saturated heterocycles. The highest BCUT2D eigenvalue weighted by atomic mass is 35.5. The molecule has 2 aromatic carbocycles. The Labute approximate surface area is 158 Å². The van der Waals surface area contributed by atoms with Crippen LogP contribution in [0.5, 0.6) is 0 Å². The van der Waals surface area contributed by atoms with Gasteiger partial charge in [-0.3, -0.25) is 14.9 Å². The number of anilines is 1. The zero-order chi connectivity index (χ0) is 19.8. The number of carbonyl (C=O) groups is 2. The van der Waals surface area contributed by atoms with E-state index in [1.54, 1.807) is 6.07 Å². The Morgan fingerprint density at radius 1 is 1.30 bits per heavy atom. The van der Waals surface area contributed by atoms with Gasteiger partial charge >= 0.3 is 5.97 Å². The highest BCUT2D eigenvalue weighted by molar-refractivity contribution is 6.32. The van der Waals surface area contributed by atoms with Gasteiger partial charge in [-0.2, -0.15) is 5.26 Å². The smallest absolute Gasteiger partial charge is 0.331 e. The van der Waals surface area contributed by atoms with Crippen LogP contribution in [0.25, 0.3) is 6.08 Å². The lowest BCUT2D eigenvalue weighted by atomic mass is 10.2. The number of nitro benzene ring substituents is 1. The maximum absolute atomic E-state index is 11.8. The van der Waals surface area contributed by atoms with Gasteiger partial charge in [0.05, 0.1) is 15.5 Å². The van der Waals surface area contributed by atoms with Crippen LogP contribution in [-0.2, 0) is 14.3 Å². The number of esters is 1. The van der Waals surface area contributed by atoms with Crippen molar-refractivity contribution in [2.75, 3.05) is 11.9 Å². The largest absolute Gasteiger partial charge is 0.452 e. The van der Waals surface area contributed by atoms with Crippen molar-refractivity contribution in [1.82, 2.24) is 0 Å². The minimum absolute atomic E-state index is 0.106. The van der Waals surface area contributed by atoms with Crippen molar-refractivity contribution < 1.29 is 19.2 Å². The van der Waals surface area contributed by atoms with Crippen LogP contribution in [0.15, 0.2) is 48.5 Å². The third-order valence-electron chi connectivity index (χ3n) is 3.21.